The standard InChI is InChI=1S/C20H23N3O4S/c1-27-17-8-4-2-6-15(17)19(24)23-12-10-20(11-13-23)14-21-28(25,26)18-9-5-3-7-16(18)22-20/h2-9H,10-14H2,1H3,(H2-,21,22,25,26). The van der Waals surface area contributed by atoms with Crippen molar-refractivity contribution in [3.63, 3.8) is 0 Å². The van der Waals surface area contributed by atoms with Gasteiger partial charge in [0.1, 0.15) is 5.75 Å². The third kappa shape index (κ3) is 3.39. The van der Waals surface area contributed by atoms with E-state index < -0.39 is 15.9 Å². The number of ether oxygens (including phenoxy) is 1. The number of likely N-dealkylation sites (tertiary alicyclic amines) is 1. The van der Waals surface area contributed by atoms with Gasteiger partial charge in [-0.05, 0) is 37.1 Å². The number of carbonyl (C=O) groups is 1. The van der Waals surface area contributed by atoms with E-state index in [9.17, 15) is 13.6 Å². The lowest BCUT2D eigenvalue weighted by molar-refractivity contribution is 0.0680. The average Bonchev–Trinajstić information content (AvgIpc) is 2.83. The van der Waals surface area contributed by atoms with Gasteiger partial charge in [0.2, 0.25) is 0 Å². The van der Waals surface area contributed by atoms with Crippen LogP contribution in [0.4, 0.5) is 5.69 Å². The minimum atomic E-state index is -3.55. The molecular formula is C20H23N3O4S. The van der Waals surface area contributed by atoms with Crippen LogP contribution in [0, 0.1) is 0 Å². The van der Waals surface area contributed by atoms with Gasteiger partial charge in [-0.2, -0.15) is 0 Å². The third-order valence-corrected chi connectivity index (χ3v) is 6.98. The lowest BCUT2D eigenvalue weighted by Gasteiger charge is -2.41. The monoisotopic (exact) mass is 401 g/mol. The molecule has 2 aliphatic rings. The molecule has 1 spiro atoms. The van der Waals surface area contributed by atoms with Gasteiger partial charge in [-0.15, -0.1) is 4.72 Å². The molecule has 0 aliphatic carbocycles. The van der Waals surface area contributed by atoms with Gasteiger partial charge in [-0.1, -0.05) is 28.5 Å². The summed E-state index contributed by atoms with van der Waals surface area (Å²) in [6.07, 6.45) is 1.29. The Kier molecular flexibility index (Phi) is 4.86. The van der Waals surface area contributed by atoms with Crippen LogP contribution in [0.1, 0.15) is 23.2 Å². The summed E-state index contributed by atoms with van der Waals surface area (Å²) in [6.45, 7) is 1.36. The minimum Gasteiger partial charge on any atom is -0.593 e. The molecule has 0 radical (unpaired) electrons. The van der Waals surface area contributed by atoms with Gasteiger partial charge >= 0.3 is 0 Å². The quantitative estimate of drug-likeness (QED) is 0.753. The molecule has 2 aliphatic heterocycles. The summed E-state index contributed by atoms with van der Waals surface area (Å²) in [5.41, 5.74) is 0.731. The van der Waals surface area contributed by atoms with E-state index in [4.69, 9.17) is 4.74 Å². The number of nitrogens with zero attached hydrogens (tertiary/aromatic N) is 1. The predicted octanol–water partition coefficient (Wildman–Crippen LogP) is 2.29. The summed E-state index contributed by atoms with van der Waals surface area (Å²) in [5.74, 6) is 0.490. The second kappa shape index (κ2) is 7.20. The normalized spacial score (nSPS) is 23.4. The Labute approximate surface area is 165 Å². The summed E-state index contributed by atoms with van der Waals surface area (Å²) in [6, 6.07) is 14.1. The largest absolute Gasteiger partial charge is 0.593 e. The van der Waals surface area contributed by atoms with Gasteiger partial charge in [0.15, 0.2) is 15.3 Å². The molecule has 1 atom stereocenters. The van der Waals surface area contributed by atoms with Crippen molar-refractivity contribution in [3.05, 3.63) is 54.1 Å². The predicted molar refractivity (Wildman–Crippen MR) is 106 cm³/mol. The molecule has 0 aromatic heterocycles. The highest BCUT2D eigenvalue weighted by molar-refractivity contribution is 7.96. The number of para-hydroxylation sites is 2. The molecule has 1 saturated heterocycles. The van der Waals surface area contributed by atoms with Crippen molar-refractivity contribution < 1.29 is 18.3 Å². The Morgan fingerprint density at radius 1 is 1.14 bits per heavy atom. The summed E-state index contributed by atoms with van der Waals surface area (Å²) in [7, 11) is -1.99. The minimum absolute atomic E-state index is 0.0677. The van der Waals surface area contributed by atoms with Crippen LogP contribution in [-0.4, -0.2) is 47.6 Å². The number of hydrogen-bond acceptors (Lipinski definition) is 5. The van der Waals surface area contributed by atoms with Gasteiger partial charge in [-0.25, -0.2) is 0 Å². The lowest BCUT2D eigenvalue weighted by Crippen LogP contribution is -2.55. The number of benzene rings is 2. The van der Waals surface area contributed by atoms with Gasteiger partial charge in [0, 0.05) is 13.1 Å². The second-order valence-electron chi connectivity index (χ2n) is 7.22. The fourth-order valence-corrected chi connectivity index (χ4v) is 5.16. The smallest absolute Gasteiger partial charge is 0.257 e. The van der Waals surface area contributed by atoms with E-state index in [0.717, 1.165) is 0 Å². The number of methoxy groups -OCH3 is 1. The number of hydrogen-bond donors (Lipinski definition) is 2. The van der Waals surface area contributed by atoms with E-state index in [2.05, 4.69) is 10.0 Å². The molecule has 7 nitrogen and oxygen atoms in total. The SMILES string of the molecule is COc1ccccc1C(=O)N1CCC2(CC1)CN[S+](=O)([O-])c1ccccc1N2. The fraction of sp³-hybridized carbons (Fsp3) is 0.350. The van der Waals surface area contributed by atoms with Crippen LogP contribution in [0.25, 0.3) is 0 Å². The number of anilines is 1. The molecule has 2 heterocycles. The van der Waals surface area contributed by atoms with Crippen molar-refractivity contribution in [1.82, 2.24) is 9.62 Å². The van der Waals surface area contributed by atoms with E-state index in [0.29, 0.717) is 49.5 Å². The van der Waals surface area contributed by atoms with Crippen molar-refractivity contribution in [1.29, 1.82) is 0 Å². The molecule has 2 aromatic rings. The topological polar surface area (TPSA) is 93.7 Å². The van der Waals surface area contributed by atoms with Gasteiger partial charge in [0.05, 0.1) is 30.4 Å². The zero-order valence-electron chi connectivity index (χ0n) is 15.6. The molecule has 2 aromatic carbocycles. The van der Waals surface area contributed by atoms with Crippen LogP contribution in [0.5, 0.6) is 5.75 Å². The summed E-state index contributed by atoms with van der Waals surface area (Å²) >= 11 is 0. The van der Waals surface area contributed by atoms with E-state index in [-0.39, 0.29) is 10.8 Å². The molecule has 148 valence electrons. The molecule has 1 fully saturated rings. The van der Waals surface area contributed by atoms with Crippen molar-refractivity contribution in [3.8, 4) is 5.75 Å². The molecule has 4 rings (SSSR count). The summed E-state index contributed by atoms with van der Waals surface area (Å²) in [4.78, 5) is 15.0. The van der Waals surface area contributed by atoms with Crippen molar-refractivity contribution >= 4 is 22.0 Å². The maximum Gasteiger partial charge on any atom is 0.257 e. The summed E-state index contributed by atoms with van der Waals surface area (Å²) < 4.78 is 33.1. The van der Waals surface area contributed by atoms with Crippen molar-refractivity contribution in [2.24, 2.45) is 0 Å². The highest BCUT2D eigenvalue weighted by atomic mass is 32.3. The lowest BCUT2D eigenvalue weighted by atomic mass is 9.87. The Balaban J connectivity index is 1.52. The van der Waals surface area contributed by atoms with Crippen LogP contribution >= 0.6 is 0 Å². The fourth-order valence-electron chi connectivity index (χ4n) is 3.88. The molecule has 1 amide bonds. The average molecular weight is 401 g/mol. The maximum atomic E-state index is 12.9. The highest BCUT2D eigenvalue weighted by Gasteiger charge is 2.42. The first-order valence-corrected chi connectivity index (χ1v) is 10.7. The maximum absolute atomic E-state index is 12.9. The van der Waals surface area contributed by atoms with Crippen LogP contribution in [0.2, 0.25) is 0 Å². The number of piperidine rings is 1. The molecule has 28 heavy (non-hydrogen) atoms. The number of rotatable bonds is 2. The van der Waals surface area contributed by atoms with E-state index in [1.54, 1.807) is 42.3 Å². The number of amides is 1. The first kappa shape index (κ1) is 18.9. The van der Waals surface area contributed by atoms with Crippen molar-refractivity contribution in [2.45, 2.75) is 23.3 Å². The number of fused-ring (bicyclic) bond motifs is 1. The number of sulfonamides is 1. The zero-order chi connectivity index (χ0) is 19.8. The van der Waals surface area contributed by atoms with Crippen LogP contribution in [0.15, 0.2) is 53.4 Å². The molecule has 2 N–H and O–H groups in total. The first-order valence-electron chi connectivity index (χ1n) is 9.23. The number of nitrogens with one attached hydrogen (secondary N) is 2. The molecule has 0 saturated carbocycles. The highest BCUT2D eigenvalue weighted by Crippen LogP contribution is 2.35. The number of carbonyl (C=O) groups excluding carboxylic acids is 1. The summed E-state index contributed by atoms with van der Waals surface area (Å²) in [5, 5.41) is 3.45. The molecular weight excluding hydrogens is 378 g/mol. The van der Waals surface area contributed by atoms with Gasteiger partial charge in [-0.3, -0.25) is 4.79 Å². The van der Waals surface area contributed by atoms with Crippen LogP contribution in [-0.2, 0) is 14.6 Å². The van der Waals surface area contributed by atoms with E-state index >= 15 is 0 Å². The molecule has 1 unspecified atom stereocenters. The third-order valence-electron chi connectivity index (χ3n) is 5.52. The van der Waals surface area contributed by atoms with Crippen molar-refractivity contribution in [2.75, 3.05) is 32.1 Å². The van der Waals surface area contributed by atoms with Gasteiger partial charge in [0.25, 0.3) is 5.91 Å². The Bertz CT molecular complexity index is 941. The van der Waals surface area contributed by atoms with E-state index in [1.165, 1.54) is 0 Å². The Morgan fingerprint density at radius 3 is 2.57 bits per heavy atom. The molecule has 0 bridgehead atoms. The Hall–Kier alpha value is -2.42. The first-order chi connectivity index (χ1) is 13.4. The van der Waals surface area contributed by atoms with E-state index in [1.807, 2.05) is 18.2 Å². The van der Waals surface area contributed by atoms with Crippen LogP contribution in [0.3, 0.4) is 0 Å². The van der Waals surface area contributed by atoms with Crippen LogP contribution < -0.4 is 14.8 Å². The second-order valence-corrected chi connectivity index (χ2v) is 8.95. The van der Waals surface area contributed by atoms with Gasteiger partial charge < -0.3 is 19.5 Å². The zero-order valence-corrected chi connectivity index (χ0v) is 16.5. The molecule has 8 heteroatoms. The Morgan fingerprint density at radius 2 is 1.82 bits per heavy atom.